The molecule has 0 aromatic heterocycles. The molecule has 0 amide bonds. The molecule has 0 saturated heterocycles. The second kappa shape index (κ2) is 7.46. The van der Waals surface area contributed by atoms with Gasteiger partial charge in [0, 0.05) is 5.70 Å². The van der Waals surface area contributed by atoms with Gasteiger partial charge in [-0.15, -0.1) is 0 Å². The molecule has 6 heteroatoms. The lowest BCUT2D eigenvalue weighted by Gasteiger charge is -2.29. The van der Waals surface area contributed by atoms with Gasteiger partial charge in [-0.1, -0.05) is 12.1 Å². The van der Waals surface area contributed by atoms with E-state index in [2.05, 4.69) is 10.6 Å². The van der Waals surface area contributed by atoms with Crippen LogP contribution in [-0.4, -0.2) is 23.8 Å². The van der Waals surface area contributed by atoms with Gasteiger partial charge < -0.3 is 20.1 Å². The summed E-state index contributed by atoms with van der Waals surface area (Å²) in [6.07, 6.45) is 0.114. The number of esters is 1. The Hall–Kier alpha value is -2.08. The van der Waals surface area contributed by atoms with Crippen LogP contribution in [0.5, 0.6) is 5.75 Å². The maximum Gasteiger partial charge on any atom is 0.338 e. The lowest BCUT2D eigenvalue weighted by molar-refractivity contribution is -0.139. The predicted octanol–water partition coefficient (Wildman–Crippen LogP) is 2.83. The molecule has 0 bridgehead atoms. The molecule has 5 nitrogen and oxygen atoms in total. The first-order valence-corrected chi connectivity index (χ1v) is 8.05. The fourth-order valence-electron chi connectivity index (χ4n) is 2.43. The highest BCUT2D eigenvalue weighted by Crippen LogP contribution is 2.29. The number of rotatable bonds is 5. The van der Waals surface area contributed by atoms with Gasteiger partial charge in [0.25, 0.3) is 0 Å². The second-order valence-electron chi connectivity index (χ2n) is 5.53. The van der Waals surface area contributed by atoms with Gasteiger partial charge >= 0.3 is 5.97 Å². The van der Waals surface area contributed by atoms with Crippen LogP contribution in [0, 0.1) is 0 Å². The third-order valence-corrected chi connectivity index (χ3v) is 3.57. The van der Waals surface area contributed by atoms with Crippen LogP contribution in [-0.2, 0) is 9.53 Å². The first-order chi connectivity index (χ1) is 10.9. The number of nitrogens with one attached hydrogen (secondary N) is 2. The first kappa shape index (κ1) is 17.3. The molecule has 2 rings (SSSR count). The first-order valence-electron chi connectivity index (χ1n) is 7.64. The molecule has 1 aromatic rings. The molecule has 2 N–H and O–H groups in total. The Morgan fingerprint density at radius 1 is 1.30 bits per heavy atom. The van der Waals surface area contributed by atoms with E-state index in [9.17, 15) is 4.79 Å². The summed E-state index contributed by atoms with van der Waals surface area (Å²) in [6, 6.07) is 7.29. The third-order valence-electron chi connectivity index (χ3n) is 3.35. The summed E-state index contributed by atoms with van der Waals surface area (Å²) >= 11 is 5.21. The van der Waals surface area contributed by atoms with E-state index in [0.29, 0.717) is 23.0 Å². The fourth-order valence-corrected chi connectivity index (χ4v) is 2.71. The van der Waals surface area contributed by atoms with Crippen LogP contribution < -0.4 is 15.4 Å². The van der Waals surface area contributed by atoms with E-state index in [0.717, 1.165) is 11.3 Å². The summed E-state index contributed by atoms with van der Waals surface area (Å²) in [5, 5.41) is 6.60. The monoisotopic (exact) mass is 334 g/mol. The highest BCUT2D eigenvalue weighted by atomic mass is 32.1. The number of carbonyl (C=O) groups is 1. The summed E-state index contributed by atoms with van der Waals surface area (Å²) in [5.41, 5.74) is 2.17. The Kier molecular flexibility index (Phi) is 5.60. The van der Waals surface area contributed by atoms with Crippen LogP contribution in [0.3, 0.4) is 0 Å². The summed E-state index contributed by atoms with van der Waals surface area (Å²) in [7, 11) is 0. The molecule has 0 unspecified atom stereocenters. The number of hydrogen-bond acceptors (Lipinski definition) is 4. The highest BCUT2D eigenvalue weighted by Gasteiger charge is 2.30. The molecule has 0 fully saturated rings. The zero-order valence-corrected chi connectivity index (χ0v) is 14.6. The van der Waals surface area contributed by atoms with Crippen molar-refractivity contribution in [3.8, 4) is 5.75 Å². The molecule has 0 aliphatic carbocycles. The van der Waals surface area contributed by atoms with Crippen molar-refractivity contribution in [2.24, 2.45) is 0 Å². The maximum atomic E-state index is 12.3. The minimum atomic E-state index is -0.347. The average Bonchev–Trinajstić information content (AvgIpc) is 2.46. The van der Waals surface area contributed by atoms with Crippen molar-refractivity contribution in [2.45, 2.75) is 39.8 Å². The summed E-state index contributed by atoms with van der Waals surface area (Å²) < 4.78 is 10.8. The van der Waals surface area contributed by atoms with Crippen LogP contribution >= 0.6 is 12.2 Å². The maximum absolute atomic E-state index is 12.3. The molecular formula is C17H22N2O3S. The van der Waals surface area contributed by atoms with Crippen molar-refractivity contribution in [3.05, 3.63) is 41.1 Å². The lowest BCUT2D eigenvalue weighted by atomic mass is 9.95. The molecule has 0 spiro atoms. The van der Waals surface area contributed by atoms with Gasteiger partial charge in [-0.3, -0.25) is 0 Å². The van der Waals surface area contributed by atoms with Gasteiger partial charge in [-0.2, -0.15) is 0 Å². The number of hydrogen-bond donors (Lipinski definition) is 2. The van der Waals surface area contributed by atoms with E-state index < -0.39 is 0 Å². The van der Waals surface area contributed by atoms with Crippen LogP contribution in [0.15, 0.2) is 35.5 Å². The third kappa shape index (κ3) is 4.22. The number of allylic oxidation sites excluding steroid dienone is 1. The smallest absolute Gasteiger partial charge is 0.338 e. The van der Waals surface area contributed by atoms with E-state index in [-0.39, 0.29) is 18.1 Å². The summed E-state index contributed by atoms with van der Waals surface area (Å²) in [5.74, 6) is 0.443. The molecule has 0 radical (unpaired) electrons. The number of ether oxygens (including phenoxy) is 2. The molecule has 1 atom stereocenters. The molecule has 23 heavy (non-hydrogen) atoms. The standard InChI is InChI=1S/C17H22N2O3S/c1-5-21-16(20)14-11(4)18-17(23)19-15(14)12-6-8-13(9-7-12)22-10(2)3/h6-10,15H,5H2,1-4H3,(H2,18,19,23)/t15-/m0/s1. The Balaban J connectivity index is 2.32. The van der Waals surface area contributed by atoms with Gasteiger partial charge in [0.2, 0.25) is 0 Å². The molecular weight excluding hydrogens is 312 g/mol. The molecule has 1 aliphatic rings. The largest absolute Gasteiger partial charge is 0.491 e. The zero-order chi connectivity index (χ0) is 17.0. The van der Waals surface area contributed by atoms with Crippen molar-refractivity contribution in [1.29, 1.82) is 0 Å². The lowest BCUT2D eigenvalue weighted by Crippen LogP contribution is -2.45. The number of thiocarbonyl (C=S) groups is 1. The normalized spacial score (nSPS) is 17.6. The Labute approximate surface area is 142 Å². The van der Waals surface area contributed by atoms with E-state index in [1.807, 2.05) is 45.0 Å². The highest BCUT2D eigenvalue weighted by molar-refractivity contribution is 7.80. The average molecular weight is 334 g/mol. The Morgan fingerprint density at radius 2 is 1.96 bits per heavy atom. The van der Waals surface area contributed by atoms with Crippen molar-refractivity contribution in [1.82, 2.24) is 10.6 Å². The quantitative estimate of drug-likeness (QED) is 0.638. The van der Waals surface area contributed by atoms with Gasteiger partial charge in [0.1, 0.15) is 5.75 Å². The van der Waals surface area contributed by atoms with Gasteiger partial charge in [-0.05, 0) is 57.6 Å². The van der Waals surface area contributed by atoms with Crippen molar-refractivity contribution in [2.75, 3.05) is 6.61 Å². The molecule has 0 saturated carbocycles. The molecule has 1 aromatic carbocycles. The molecule has 1 heterocycles. The SMILES string of the molecule is CCOC(=O)C1=C(C)NC(=S)N[C@H]1c1ccc(OC(C)C)cc1. The summed E-state index contributed by atoms with van der Waals surface area (Å²) in [4.78, 5) is 12.3. The van der Waals surface area contributed by atoms with Crippen molar-refractivity contribution >= 4 is 23.3 Å². The minimum Gasteiger partial charge on any atom is -0.491 e. The van der Waals surface area contributed by atoms with Gasteiger partial charge in [-0.25, -0.2) is 4.79 Å². The van der Waals surface area contributed by atoms with Crippen molar-refractivity contribution < 1.29 is 14.3 Å². The number of carbonyl (C=O) groups excluding carboxylic acids is 1. The Bertz CT molecular complexity index is 623. The second-order valence-corrected chi connectivity index (χ2v) is 5.93. The number of benzene rings is 1. The van der Waals surface area contributed by atoms with Crippen LogP contribution in [0.4, 0.5) is 0 Å². The van der Waals surface area contributed by atoms with E-state index >= 15 is 0 Å². The van der Waals surface area contributed by atoms with Gasteiger partial charge in [0.15, 0.2) is 5.11 Å². The molecule has 1 aliphatic heterocycles. The minimum absolute atomic E-state index is 0.114. The molecule has 124 valence electrons. The van der Waals surface area contributed by atoms with E-state index in [1.165, 1.54) is 0 Å². The van der Waals surface area contributed by atoms with Crippen LogP contribution in [0.25, 0.3) is 0 Å². The van der Waals surface area contributed by atoms with E-state index in [1.54, 1.807) is 6.92 Å². The fraction of sp³-hybridized carbons (Fsp3) is 0.412. The van der Waals surface area contributed by atoms with E-state index in [4.69, 9.17) is 21.7 Å². The van der Waals surface area contributed by atoms with Gasteiger partial charge in [0.05, 0.1) is 24.3 Å². The zero-order valence-electron chi connectivity index (χ0n) is 13.8. The topological polar surface area (TPSA) is 59.6 Å². The van der Waals surface area contributed by atoms with Crippen molar-refractivity contribution in [3.63, 3.8) is 0 Å². The summed E-state index contributed by atoms with van der Waals surface area (Å²) in [6.45, 7) is 7.89. The predicted molar refractivity (Wildman–Crippen MR) is 93.1 cm³/mol. The van der Waals surface area contributed by atoms with Crippen LogP contribution in [0.1, 0.15) is 39.3 Å². The Morgan fingerprint density at radius 3 is 2.52 bits per heavy atom. The van der Waals surface area contributed by atoms with Crippen LogP contribution in [0.2, 0.25) is 0 Å².